The van der Waals surface area contributed by atoms with Crippen molar-refractivity contribution in [2.24, 2.45) is 7.05 Å². The molecule has 5 heterocycles. The number of aromatic nitrogens is 1. The van der Waals surface area contributed by atoms with Crippen LogP contribution in [0.4, 0.5) is 8.78 Å². The minimum absolute atomic E-state index is 0.0699. The molecule has 2 atom stereocenters. The Morgan fingerprint density at radius 2 is 1.75 bits per heavy atom. The van der Waals surface area contributed by atoms with E-state index in [9.17, 15) is 24.0 Å². The summed E-state index contributed by atoms with van der Waals surface area (Å²) in [5.74, 6) is -3.06. The number of rotatable bonds is 15. The molecule has 60 heavy (non-hydrogen) atoms. The van der Waals surface area contributed by atoms with Crippen molar-refractivity contribution >= 4 is 45.1 Å². The Labute approximate surface area is 350 Å². The van der Waals surface area contributed by atoms with Gasteiger partial charge in [0.2, 0.25) is 11.8 Å². The van der Waals surface area contributed by atoms with Crippen LogP contribution >= 0.6 is 11.3 Å². The minimum atomic E-state index is -3.17. The lowest BCUT2D eigenvalue weighted by molar-refractivity contribution is -0.136. The molecule has 0 radical (unpaired) electrons. The molecular formula is C43H50F2N6O8S. The predicted molar refractivity (Wildman–Crippen MR) is 222 cm³/mol. The van der Waals surface area contributed by atoms with Gasteiger partial charge in [0.1, 0.15) is 23.3 Å². The molecule has 4 aromatic rings. The molecule has 3 aliphatic rings. The maximum absolute atomic E-state index is 15.5. The van der Waals surface area contributed by atoms with Crippen LogP contribution in [-0.2, 0) is 29.7 Å². The Kier molecular flexibility index (Phi) is 12.6. The van der Waals surface area contributed by atoms with E-state index < -0.39 is 36.4 Å². The lowest BCUT2D eigenvalue weighted by Crippen LogP contribution is -2.58. The van der Waals surface area contributed by atoms with E-state index in [0.717, 1.165) is 28.9 Å². The molecular weight excluding hydrogens is 799 g/mol. The number of hydrogen-bond donors (Lipinski definition) is 2. The van der Waals surface area contributed by atoms with Crippen LogP contribution in [0.2, 0.25) is 0 Å². The second-order valence-electron chi connectivity index (χ2n) is 15.9. The number of likely N-dealkylation sites (tertiary alicyclic amines) is 1. The van der Waals surface area contributed by atoms with E-state index in [2.05, 4.69) is 10.6 Å². The number of piperidine rings is 2. The highest BCUT2D eigenvalue weighted by atomic mass is 32.1. The summed E-state index contributed by atoms with van der Waals surface area (Å²) >= 11 is 1.09. The Morgan fingerprint density at radius 1 is 1.00 bits per heavy atom. The van der Waals surface area contributed by atoms with Crippen molar-refractivity contribution in [3.63, 3.8) is 0 Å². The fourth-order valence-corrected chi connectivity index (χ4v) is 9.32. The van der Waals surface area contributed by atoms with Gasteiger partial charge in [0.05, 0.1) is 49.2 Å². The first-order valence-electron chi connectivity index (χ1n) is 20.0. The van der Waals surface area contributed by atoms with Crippen molar-refractivity contribution in [3.05, 3.63) is 74.5 Å². The fraction of sp³-hybridized carbons (Fsp3) is 0.465. The Balaban J connectivity index is 0.906. The molecule has 3 aliphatic heterocycles. The molecule has 14 nitrogen and oxygen atoms in total. The quantitative estimate of drug-likeness (QED) is 0.126. The summed E-state index contributed by atoms with van der Waals surface area (Å²) in [5.41, 5.74) is 3.21. The first-order valence-corrected chi connectivity index (χ1v) is 20.8. The fourth-order valence-electron chi connectivity index (χ4n) is 8.23. The molecule has 2 aromatic heterocycles. The number of fused-ring (bicyclic) bond motifs is 2. The van der Waals surface area contributed by atoms with Crippen LogP contribution in [0, 0.1) is 0 Å². The molecule has 4 amide bonds. The summed E-state index contributed by atoms with van der Waals surface area (Å²) in [6.45, 7) is 1.62. The van der Waals surface area contributed by atoms with Crippen molar-refractivity contribution in [2.75, 3.05) is 54.6 Å². The highest BCUT2D eigenvalue weighted by molar-refractivity contribution is 7.21. The molecule has 2 fully saturated rings. The second kappa shape index (κ2) is 17.7. The van der Waals surface area contributed by atoms with E-state index in [1.54, 1.807) is 50.6 Å². The maximum atomic E-state index is 15.5. The maximum Gasteiger partial charge on any atom is 0.280 e. The van der Waals surface area contributed by atoms with E-state index in [0.29, 0.717) is 89.5 Å². The number of ether oxygens (including phenoxy) is 3. The predicted octanol–water partition coefficient (Wildman–Crippen LogP) is 4.80. The molecule has 2 unspecified atom stereocenters. The third-order valence-corrected chi connectivity index (χ3v) is 12.5. The lowest BCUT2D eigenvalue weighted by atomic mass is 10.00. The van der Waals surface area contributed by atoms with Crippen LogP contribution in [0.15, 0.2) is 47.4 Å². The van der Waals surface area contributed by atoms with Gasteiger partial charge in [0.25, 0.3) is 23.3 Å². The summed E-state index contributed by atoms with van der Waals surface area (Å²) in [6, 6.07) is 8.37. The topological polar surface area (TPSA) is 152 Å². The largest absolute Gasteiger partial charge is 0.496 e. The number of carbonyl (C=O) groups is 4. The van der Waals surface area contributed by atoms with Crippen LogP contribution in [0.25, 0.3) is 21.2 Å². The van der Waals surface area contributed by atoms with Gasteiger partial charge in [0.15, 0.2) is 0 Å². The van der Waals surface area contributed by atoms with Crippen LogP contribution in [0.3, 0.4) is 0 Å². The average Bonchev–Trinajstić information content (AvgIpc) is 3.80. The zero-order valence-corrected chi connectivity index (χ0v) is 35.2. The van der Waals surface area contributed by atoms with E-state index >= 15 is 8.78 Å². The molecule has 17 heteroatoms. The molecule has 2 saturated heterocycles. The number of benzene rings is 2. The standard InChI is InChI=1S/C43H50F2N6O8S/c1-48(2)22-31-33(57-4)18-25(19-34(31)58-5)30-23-49(3)41(55)29-20-35(60-38(29)30)40(54)46-36-13-15-50(24-43(36,44)45)14-7-6-8-16-59-27-9-10-28-26(17-27)21-51(42(28)56)32-11-12-37(52)47-39(32)53/h9-10,17-20,23,32,36H,6-8,11-16,21-22,24H2,1-5H3,(H,46,54)(H,47,52,53). The van der Waals surface area contributed by atoms with Crippen molar-refractivity contribution in [1.82, 2.24) is 29.9 Å². The summed E-state index contributed by atoms with van der Waals surface area (Å²) in [6.07, 6.45) is 4.38. The first-order chi connectivity index (χ1) is 28.7. The number of methoxy groups -OCH3 is 2. The van der Waals surface area contributed by atoms with Gasteiger partial charge >= 0.3 is 0 Å². The monoisotopic (exact) mass is 848 g/mol. The van der Waals surface area contributed by atoms with Crippen LogP contribution < -0.4 is 30.4 Å². The Bertz CT molecular complexity index is 2360. The van der Waals surface area contributed by atoms with Crippen LogP contribution in [0.1, 0.15) is 69.7 Å². The third kappa shape index (κ3) is 8.88. The number of nitrogens with one attached hydrogen (secondary N) is 2. The smallest absolute Gasteiger partial charge is 0.280 e. The van der Waals surface area contributed by atoms with Crippen molar-refractivity contribution < 1.29 is 42.2 Å². The zero-order valence-electron chi connectivity index (χ0n) is 34.4. The van der Waals surface area contributed by atoms with Gasteiger partial charge in [-0.2, -0.15) is 0 Å². The number of aryl methyl sites for hydroxylation is 1. The van der Waals surface area contributed by atoms with E-state index in [-0.39, 0.29) is 41.6 Å². The van der Waals surface area contributed by atoms with Gasteiger partial charge in [-0.15, -0.1) is 11.3 Å². The number of nitrogens with zero attached hydrogens (tertiary/aromatic N) is 4. The van der Waals surface area contributed by atoms with Crippen molar-refractivity contribution in [3.8, 4) is 28.4 Å². The second-order valence-corrected chi connectivity index (χ2v) is 16.9. The number of thiophene rings is 1. The van der Waals surface area contributed by atoms with Crippen LogP contribution in [-0.4, -0.2) is 115 Å². The highest BCUT2D eigenvalue weighted by Crippen LogP contribution is 2.40. The molecule has 2 N–H and O–H groups in total. The summed E-state index contributed by atoms with van der Waals surface area (Å²) in [7, 11) is 8.66. The highest BCUT2D eigenvalue weighted by Gasteiger charge is 2.45. The van der Waals surface area contributed by atoms with E-state index in [4.69, 9.17) is 14.2 Å². The molecule has 320 valence electrons. The normalized spacial score (nSPS) is 19.1. The van der Waals surface area contributed by atoms with Gasteiger partial charge in [-0.1, -0.05) is 0 Å². The number of halogens is 2. The zero-order chi connectivity index (χ0) is 42.9. The number of pyridine rings is 1. The van der Waals surface area contributed by atoms with Gasteiger partial charge in [-0.3, -0.25) is 34.2 Å². The Morgan fingerprint density at radius 3 is 2.43 bits per heavy atom. The number of carbonyl (C=O) groups excluding carboxylic acids is 4. The molecule has 0 saturated carbocycles. The number of amides is 4. The number of hydrogen-bond acceptors (Lipinski definition) is 11. The molecule has 2 aromatic carbocycles. The van der Waals surface area contributed by atoms with Gasteiger partial charge in [-0.25, -0.2) is 8.78 Å². The molecule has 0 aliphatic carbocycles. The van der Waals surface area contributed by atoms with Gasteiger partial charge < -0.3 is 33.9 Å². The molecule has 0 spiro atoms. The summed E-state index contributed by atoms with van der Waals surface area (Å²) in [4.78, 5) is 69.0. The number of alkyl halides is 2. The van der Waals surface area contributed by atoms with Crippen LogP contribution in [0.5, 0.6) is 17.2 Å². The van der Waals surface area contributed by atoms with Crippen molar-refractivity contribution in [1.29, 1.82) is 0 Å². The van der Waals surface area contributed by atoms with Crippen molar-refractivity contribution in [2.45, 2.75) is 69.6 Å². The number of imide groups is 1. The van der Waals surface area contributed by atoms with E-state index in [1.807, 2.05) is 31.1 Å². The molecule has 7 rings (SSSR count). The Hall–Kier alpha value is -5.39. The minimum Gasteiger partial charge on any atom is -0.496 e. The molecule has 0 bridgehead atoms. The summed E-state index contributed by atoms with van der Waals surface area (Å²) < 4.78 is 50.5. The van der Waals surface area contributed by atoms with Gasteiger partial charge in [0, 0.05) is 55.1 Å². The number of unbranched alkanes of at least 4 members (excludes halogenated alkanes) is 2. The average molecular weight is 849 g/mol. The SMILES string of the molecule is COc1cc(-c2cn(C)c(=O)c3cc(C(=O)NC4CCN(CCCCCOc5ccc6c(c5)CN(C5CCC(=O)NC5=O)C6=O)CC4(F)F)sc23)cc(OC)c1CN(C)C. The summed E-state index contributed by atoms with van der Waals surface area (Å²) in [5, 5.41) is 5.19. The lowest BCUT2D eigenvalue weighted by Gasteiger charge is -2.38. The first kappa shape index (κ1) is 42.7. The third-order valence-electron chi connectivity index (χ3n) is 11.3. The van der Waals surface area contributed by atoms with E-state index in [1.165, 1.54) is 15.5 Å². The van der Waals surface area contributed by atoms with Gasteiger partial charge in [-0.05, 0) is 100 Å².